The van der Waals surface area contributed by atoms with Crippen LogP contribution in [0.25, 0.3) is 0 Å². The molecule has 11 heavy (non-hydrogen) atoms. The molecule has 0 atom stereocenters. The van der Waals surface area contributed by atoms with Crippen LogP contribution in [0, 0.1) is 0 Å². The fourth-order valence-corrected chi connectivity index (χ4v) is 1.02. The van der Waals surface area contributed by atoms with Crippen molar-refractivity contribution in [3.8, 4) is 0 Å². The summed E-state index contributed by atoms with van der Waals surface area (Å²) in [5, 5.41) is 11.6. The molecule has 0 spiro atoms. The first-order valence-electron chi connectivity index (χ1n) is 4.36. The molecule has 0 amide bonds. The molecular formula is C8H17NO2. The Morgan fingerprint density at radius 1 is 1.27 bits per heavy atom. The molecule has 0 aromatic heterocycles. The number of nitrogens with one attached hydrogen (secondary N) is 1. The van der Waals surface area contributed by atoms with Gasteiger partial charge in [0, 0.05) is 26.3 Å². The predicted octanol–water partition coefficient (Wildman–Crippen LogP) is 0.137. The van der Waals surface area contributed by atoms with Crippen molar-refractivity contribution in [2.45, 2.75) is 25.4 Å². The van der Waals surface area contributed by atoms with Crippen molar-refractivity contribution >= 4 is 0 Å². The number of hydrogen-bond donors (Lipinski definition) is 2. The molecule has 0 unspecified atom stereocenters. The summed E-state index contributed by atoms with van der Waals surface area (Å²) in [5.74, 6) is 0. The van der Waals surface area contributed by atoms with E-state index in [0.29, 0.717) is 12.7 Å². The lowest BCUT2D eigenvalue weighted by atomic mass is 10.2. The van der Waals surface area contributed by atoms with Gasteiger partial charge in [-0.3, -0.25) is 0 Å². The summed E-state index contributed by atoms with van der Waals surface area (Å²) in [5.41, 5.74) is 0. The summed E-state index contributed by atoms with van der Waals surface area (Å²) in [7, 11) is 0. The second-order valence-electron chi connectivity index (χ2n) is 2.94. The summed E-state index contributed by atoms with van der Waals surface area (Å²) in [6, 6.07) is 0. The highest BCUT2D eigenvalue weighted by Gasteiger charge is 2.15. The van der Waals surface area contributed by atoms with Gasteiger partial charge < -0.3 is 15.2 Å². The van der Waals surface area contributed by atoms with Crippen LogP contribution < -0.4 is 5.32 Å². The van der Waals surface area contributed by atoms with Crippen LogP contribution in [0.3, 0.4) is 0 Å². The Labute approximate surface area is 67.7 Å². The lowest BCUT2D eigenvalue weighted by molar-refractivity contribution is 0.0166. The number of aliphatic hydroxyl groups excluding tert-OH is 1. The number of aliphatic hydroxyl groups is 1. The number of ether oxygens (including phenoxy) is 1. The average molecular weight is 159 g/mol. The third kappa shape index (κ3) is 3.70. The maximum Gasteiger partial charge on any atom is 0.0823 e. The van der Waals surface area contributed by atoms with Crippen LogP contribution in [0.15, 0.2) is 0 Å². The Morgan fingerprint density at radius 2 is 2.09 bits per heavy atom. The molecule has 3 heteroatoms. The minimum atomic E-state index is 0.311. The zero-order valence-electron chi connectivity index (χ0n) is 6.88. The summed E-state index contributed by atoms with van der Waals surface area (Å²) in [4.78, 5) is 0. The molecular weight excluding hydrogens is 142 g/mol. The van der Waals surface area contributed by atoms with Gasteiger partial charge in [-0.15, -0.1) is 0 Å². The summed E-state index contributed by atoms with van der Waals surface area (Å²) in [6.45, 7) is 3.19. The van der Waals surface area contributed by atoms with Crippen LogP contribution >= 0.6 is 0 Å². The standard InChI is InChI=1S/C8H17NO2/c10-4-2-1-3-5-11-8-6-9-7-8/h8-10H,1-7H2. The van der Waals surface area contributed by atoms with E-state index >= 15 is 0 Å². The quantitative estimate of drug-likeness (QED) is 0.542. The van der Waals surface area contributed by atoms with Gasteiger partial charge in [-0.1, -0.05) is 0 Å². The highest BCUT2D eigenvalue weighted by Crippen LogP contribution is 2.01. The van der Waals surface area contributed by atoms with Crippen molar-refractivity contribution < 1.29 is 9.84 Å². The van der Waals surface area contributed by atoms with Gasteiger partial charge in [-0.05, 0) is 19.3 Å². The fraction of sp³-hybridized carbons (Fsp3) is 1.00. The second-order valence-corrected chi connectivity index (χ2v) is 2.94. The first kappa shape index (κ1) is 8.97. The van der Waals surface area contributed by atoms with Gasteiger partial charge in [-0.25, -0.2) is 0 Å². The van der Waals surface area contributed by atoms with Crippen molar-refractivity contribution in [3.05, 3.63) is 0 Å². The molecule has 66 valence electrons. The molecule has 0 saturated carbocycles. The third-order valence-electron chi connectivity index (χ3n) is 1.90. The highest BCUT2D eigenvalue weighted by atomic mass is 16.5. The van der Waals surface area contributed by atoms with Crippen LogP contribution in [0.2, 0.25) is 0 Å². The summed E-state index contributed by atoms with van der Waals surface area (Å²) < 4.78 is 5.48. The molecule has 0 radical (unpaired) electrons. The molecule has 1 aliphatic rings. The van der Waals surface area contributed by atoms with Crippen molar-refractivity contribution in [2.75, 3.05) is 26.3 Å². The van der Waals surface area contributed by atoms with Crippen LogP contribution in [-0.2, 0) is 4.74 Å². The number of hydrogen-bond acceptors (Lipinski definition) is 3. The molecule has 2 N–H and O–H groups in total. The Kier molecular flexibility index (Phi) is 4.50. The maximum absolute atomic E-state index is 8.48. The number of rotatable bonds is 6. The molecule has 1 saturated heterocycles. The first-order valence-corrected chi connectivity index (χ1v) is 4.36. The van der Waals surface area contributed by atoms with E-state index in [1.807, 2.05) is 0 Å². The van der Waals surface area contributed by atoms with E-state index in [4.69, 9.17) is 9.84 Å². The van der Waals surface area contributed by atoms with Crippen molar-refractivity contribution in [3.63, 3.8) is 0 Å². The van der Waals surface area contributed by atoms with Crippen molar-refractivity contribution in [2.24, 2.45) is 0 Å². The minimum Gasteiger partial charge on any atom is -0.396 e. The topological polar surface area (TPSA) is 41.5 Å². The molecule has 1 rings (SSSR count). The Morgan fingerprint density at radius 3 is 2.64 bits per heavy atom. The van der Waals surface area contributed by atoms with E-state index in [2.05, 4.69) is 5.32 Å². The lowest BCUT2D eigenvalue weighted by Crippen LogP contribution is -2.48. The van der Waals surface area contributed by atoms with Gasteiger partial charge in [-0.2, -0.15) is 0 Å². The van der Waals surface area contributed by atoms with Crippen molar-refractivity contribution in [1.29, 1.82) is 0 Å². The Bertz CT molecular complexity index is 94.1. The van der Waals surface area contributed by atoms with Crippen LogP contribution in [0.1, 0.15) is 19.3 Å². The van der Waals surface area contributed by atoms with Crippen molar-refractivity contribution in [1.82, 2.24) is 5.32 Å². The Balaban J connectivity index is 1.73. The molecule has 1 aliphatic heterocycles. The molecule has 1 heterocycles. The normalized spacial score (nSPS) is 18.3. The fourth-order valence-electron chi connectivity index (χ4n) is 1.02. The molecule has 0 bridgehead atoms. The molecule has 0 aromatic carbocycles. The lowest BCUT2D eigenvalue weighted by Gasteiger charge is -2.27. The van der Waals surface area contributed by atoms with Crippen LogP contribution in [0.5, 0.6) is 0 Å². The van der Waals surface area contributed by atoms with Crippen LogP contribution in [-0.4, -0.2) is 37.5 Å². The van der Waals surface area contributed by atoms with E-state index < -0.39 is 0 Å². The molecule has 3 nitrogen and oxygen atoms in total. The zero-order chi connectivity index (χ0) is 7.94. The molecule has 1 fully saturated rings. The van der Waals surface area contributed by atoms with E-state index in [9.17, 15) is 0 Å². The second kappa shape index (κ2) is 5.52. The molecule has 0 aliphatic carbocycles. The largest absolute Gasteiger partial charge is 0.396 e. The van der Waals surface area contributed by atoms with E-state index in [0.717, 1.165) is 39.0 Å². The number of unbranched alkanes of at least 4 members (excludes halogenated alkanes) is 2. The van der Waals surface area contributed by atoms with Gasteiger partial charge in [0.15, 0.2) is 0 Å². The monoisotopic (exact) mass is 159 g/mol. The van der Waals surface area contributed by atoms with E-state index in [-0.39, 0.29) is 0 Å². The van der Waals surface area contributed by atoms with Gasteiger partial charge in [0.1, 0.15) is 0 Å². The predicted molar refractivity (Wildman–Crippen MR) is 43.5 cm³/mol. The maximum atomic E-state index is 8.48. The van der Waals surface area contributed by atoms with E-state index in [1.54, 1.807) is 0 Å². The molecule has 0 aromatic rings. The van der Waals surface area contributed by atoms with Gasteiger partial charge in [0.25, 0.3) is 0 Å². The minimum absolute atomic E-state index is 0.311. The van der Waals surface area contributed by atoms with Gasteiger partial charge in [0.2, 0.25) is 0 Å². The zero-order valence-corrected chi connectivity index (χ0v) is 6.88. The van der Waals surface area contributed by atoms with E-state index in [1.165, 1.54) is 0 Å². The van der Waals surface area contributed by atoms with Gasteiger partial charge in [0.05, 0.1) is 6.10 Å². The SMILES string of the molecule is OCCCCCOC1CNC1. The summed E-state index contributed by atoms with van der Waals surface area (Å²) in [6.07, 6.45) is 3.53. The highest BCUT2D eigenvalue weighted by molar-refractivity contribution is 4.74. The first-order chi connectivity index (χ1) is 5.43. The third-order valence-corrected chi connectivity index (χ3v) is 1.90. The van der Waals surface area contributed by atoms with Crippen LogP contribution in [0.4, 0.5) is 0 Å². The average Bonchev–Trinajstić information content (AvgIpc) is 1.93. The van der Waals surface area contributed by atoms with Gasteiger partial charge >= 0.3 is 0 Å². The summed E-state index contributed by atoms with van der Waals surface area (Å²) >= 11 is 0. The Hall–Kier alpha value is -0.120. The smallest absolute Gasteiger partial charge is 0.0823 e.